The van der Waals surface area contributed by atoms with Gasteiger partial charge in [-0.2, -0.15) is 13.2 Å². The Labute approximate surface area is 157 Å². The molecule has 0 aliphatic carbocycles. The van der Waals surface area contributed by atoms with E-state index in [9.17, 15) is 13.2 Å². The molecule has 0 spiro atoms. The van der Waals surface area contributed by atoms with E-state index < -0.39 is 12.2 Å². The van der Waals surface area contributed by atoms with E-state index in [1.165, 1.54) is 38.4 Å². The fraction of sp³-hybridized carbons (Fsp3) is 0.600. The van der Waals surface area contributed by atoms with E-state index in [-0.39, 0.29) is 47.6 Å². The molecule has 1 atom stereocenters. The number of rotatable bonds is 5. The summed E-state index contributed by atoms with van der Waals surface area (Å²) in [5.41, 5.74) is 0.0777. The Bertz CT molecular complexity index is 516. The largest absolute Gasteiger partial charge is 0.493 e. The maximum absolute atomic E-state index is 13.7. The number of nitrogens with zero attached hydrogens (tertiary/aromatic N) is 1. The lowest BCUT2D eigenvalue weighted by Crippen LogP contribution is -2.49. The molecule has 0 bridgehead atoms. The fourth-order valence-electron chi connectivity index (χ4n) is 2.81. The van der Waals surface area contributed by atoms with E-state index in [0.717, 1.165) is 0 Å². The smallest absolute Gasteiger partial charge is 0.408 e. The van der Waals surface area contributed by atoms with Crippen LogP contribution in [0.5, 0.6) is 17.2 Å². The Morgan fingerprint density at radius 2 is 1.44 bits per heavy atom. The predicted octanol–water partition coefficient (Wildman–Crippen LogP) is 3.06. The third kappa shape index (κ3) is 5.44. The molecule has 1 heterocycles. The second-order valence-electron chi connectivity index (χ2n) is 5.19. The van der Waals surface area contributed by atoms with Gasteiger partial charge in [-0.1, -0.05) is 0 Å². The minimum absolute atomic E-state index is 0. The van der Waals surface area contributed by atoms with Crippen molar-refractivity contribution in [2.75, 3.05) is 47.5 Å². The average molecular weight is 407 g/mol. The first-order chi connectivity index (χ1) is 10.9. The van der Waals surface area contributed by atoms with Crippen LogP contribution in [0.1, 0.15) is 11.6 Å². The molecule has 0 radical (unpaired) electrons. The first-order valence-electron chi connectivity index (χ1n) is 7.23. The molecule has 10 heteroatoms. The Hall–Kier alpha value is -1.09. The highest BCUT2D eigenvalue weighted by molar-refractivity contribution is 5.85. The van der Waals surface area contributed by atoms with Gasteiger partial charge in [-0.05, 0) is 17.7 Å². The molecule has 0 unspecified atom stereocenters. The average Bonchev–Trinajstić information content (AvgIpc) is 2.53. The van der Waals surface area contributed by atoms with Crippen molar-refractivity contribution in [3.05, 3.63) is 17.7 Å². The molecule has 1 aromatic carbocycles. The number of benzene rings is 1. The van der Waals surface area contributed by atoms with E-state index in [1.807, 2.05) is 0 Å². The van der Waals surface area contributed by atoms with Gasteiger partial charge >= 0.3 is 6.18 Å². The molecule has 1 saturated heterocycles. The highest BCUT2D eigenvalue weighted by Gasteiger charge is 2.45. The van der Waals surface area contributed by atoms with Crippen LogP contribution in [0.4, 0.5) is 13.2 Å². The van der Waals surface area contributed by atoms with Gasteiger partial charge < -0.3 is 19.5 Å². The molecular weight excluding hydrogens is 384 g/mol. The second-order valence-corrected chi connectivity index (χ2v) is 5.19. The number of alkyl halides is 3. The van der Waals surface area contributed by atoms with E-state index in [2.05, 4.69) is 5.32 Å². The van der Waals surface area contributed by atoms with E-state index in [1.54, 1.807) is 0 Å². The van der Waals surface area contributed by atoms with Crippen molar-refractivity contribution in [1.82, 2.24) is 10.2 Å². The monoisotopic (exact) mass is 406 g/mol. The summed E-state index contributed by atoms with van der Waals surface area (Å²) in [4.78, 5) is 1.41. The van der Waals surface area contributed by atoms with Gasteiger partial charge in [0, 0.05) is 26.2 Å². The summed E-state index contributed by atoms with van der Waals surface area (Å²) in [7, 11) is 4.18. The minimum atomic E-state index is -4.40. The van der Waals surface area contributed by atoms with Gasteiger partial charge in [0.2, 0.25) is 5.75 Å². The van der Waals surface area contributed by atoms with Gasteiger partial charge in [0.1, 0.15) is 6.04 Å². The number of halogens is 5. The third-order valence-corrected chi connectivity index (χ3v) is 3.83. The highest BCUT2D eigenvalue weighted by atomic mass is 35.5. The van der Waals surface area contributed by atoms with Crippen molar-refractivity contribution in [3.8, 4) is 17.2 Å². The van der Waals surface area contributed by atoms with Crippen LogP contribution < -0.4 is 19.5 Å². The molecule has 1 aliphatic heterocycles. The second kappa shape index (κ2) is 10.2. The van der Waals surface area contributed by atoms with Crippen LogP contribution in [0.2, 0.25) is 0 Å². The number of hydrogen-bond donors (Lipinski definition) is 1. The van der Waals surface area contributed by atoms with Crippen LogP contribution in [0.3, 0.4) is 0 Å². The van der Waals surface area contributed by atoms with Crippen LogP contribution in [-0.2, 0) is 0 Å². The number of piperazine rings is 1. The first-order valence-corrected chi connectivity index (χ1v) is 7.23. The highest BCUT2D eigenvalue weighted by Crippen LogP contribution is 2.45. The molecular formula is C15H23Cl2F3N2O3. The third-order valence-electron chi connectivity index (χ3n) is 3.83. The summed E-state index contributed by atoms with van der Waals surface area (Å²) in [5.74, 6) is 0.706. The Balaban J connectivity index is 0.00000288. The lowest BCUT2D eigenvalue weighted by molar-refractivity contribution is -0.187. The van der Waals surface area contributed by atoms with Gasteiger partial charge in [-0.15, -0.1) is 24.8 Å². The number of methoxy groups -OCH3 is 3. The zero-order valence-electron chi connectivity index (χ0n) is 14.2. The van der Waals surface area contributed by atoms with E-state index in [0.29, 0.717) is 26.2 Å². The Kier molecular flexibility index (Phi) is 9.71. The van der Waals surface area contributed by atoms with Crippen LogP contribution in [0, 0.1) is 0 Å². The Morgan fingerprint density at radius 3 is 1.80 bits per heavy atom. The van der Waals surface area contributed by atoms with Crippen molar-refractivity contribution in [3.63, 3.8) is 0 Å². The number of nitrogens with one attached hydrogen (secondary N) is 1. The van der Waals surface area contributed by atoms with Gasteiger partial charge in [-0.25, -0.2) is 0 Å². The molecule has 1 aliphatic rings. The SMILES string of the molecule is COc1cc([C@H](N2CCNCC2)C(F)(F)F)cc(OC)c1OC.Cl.Cl. The first kappa shape index (κ1) is 23.9. The van der Waals surface area contributed by atoms with Crippen molar-refractivity contribution in [1.29, 1.82) is 0 Å². The van der Waals surface area contributed by atoms with Gasteiger partial charge in [-0.3, -0.25) is 4.90 Å². The lowest BCUT2D eigenvalue weighted by atomic mass is 10.0. The summed E-state index contributed by atoms with van der Waals surface area (Å²) in [6, 6.07) is 1.02. The van der Waals surface area contributed by atoms with Crippen LogP contribution in [0.25, 0.3) is 0 Å². The van der Waals surface area contributed by atoms with Gasteiger partial charge in [0.25, 0.3) is 0 Å². The minimum Gasteiger partial charge on any atom is -0.493 e. The van der Waals surface area contributed by atoms with Crippen molar-refractivity contribution < 1.29 is 27.4 Å². The standard InChI is InChI=1S/C15H21F3N2O3.2ClH/c1-21-11-8-10(9-12(22-2)13(11)23-3)14(15(16,17)18)20-6-4-19-5-7-20;;/h8-9,14,19H,4-7H2,1-3H3;2*1H/t14-;;/m0../s1. The summed E-state index contributed by atoms with van der Waals surface area (Å²) in [5, 5.41) is 3.06. The molecule has 0 aromatic heterocycles. The summed E-state index contributed by atoms with van der Waals surface area (Å²) >= 11 is 0. The molecule has 146 valence electrons. The number of ether oxygens (including phenoxy) is 3. The number of hydrogen-bond acceptors (Lipinski definition) is 5. The molecule has 0 amide bonds. The molecule has 1 N–H and O–H groups in total. The van der Waals surface area contributed by atoms with Crippen LogP contribution >= 0.6 is 24.8 Å². The Morgan fingerprint density at radius 1 is 0.960 bits per heavy atom. The molecule has 1 aromatic rings. The van der Waals surface area contributed by atoms with Crippen molar-refractivity contribution >= 4 is 24.8 Å². The molecule has 2 rings (SSSR count). The molecule has 25 heavy (non-hydrogen) atoms. The molecule has 1 fully saturated rings. The maximum atomic E-state index is 13.7. The topological polar surface area (TPSA) is 43.0 Å². The summed E-state index contributed by atoms with van der Waals surface area (Å²) in [6.45, 7) is 1.69. The van der Waals surface area contributed by atoms with Crippen LogP contribution in [-0.4, -0.2) is 58.6 Å². The normalized spacial score (nSPS) is 16.2. The predicted molar refractivity (Wildman–Crippen MR) is 93.8 cm³/mol. The zero-order chi connectivity index (χ0) is 17.0. The maximum Gasteiger partial charge on any atom is 0.408 e. The summed E-state index contributed by atoms with van der Waals surface area (Å²) in [6.07, 6.45) is -4.40. The summed E-state index contributed by atoms with van der Waals surface area (Å²) < 4.78 is 56.5. The molecule has 5 nitrogen and oxygen atoms in total. The zero-order valence-corrected chi connectivity index (χ0v) is 15.8. The lowest BCUT2D eigenvalue weighted by Gasteiger charge is -2.36. The molecule has 0 saturated carbocycles. The van der Waals surface area contributed by atoms with Crippen molar-refractivity contribution in [2.24, 2.45) is 0 Å². The van der Waals surface area contributed by atoms with E-state index in [4.69, 9.17) is 14.2 Å². The quantitative estimate of drug-likeness (QED) is 0.813. The van der Waals surface area contributed by atoms with Gasteiger partial charge in [0.05, 0.1) is 21.3 Å². The van der Waals surface area contributed by atoms with Crippen molar-refractivity contribution in [2.45, 2.75) is 12.2 Å². The van der Waals surface area contributed by atoms with Crippen LogP contribution in [0.15, 0.2) is 12.1 Å². The van der Waals surface area contributed by atoms with Gasteiger partial charge in [0.15, 0.2) is 11.5 Å². The fourth-order valence-corrected chi connectivity index (χ4v) is 2.81. The van der Waals surface area contributed by atoms with E-state index >= 15 is 0 Å².